The average Bonchev–Trinajstić information content (AvgIpc) is 2.39. The van der Waals surface area contributed by atoms with Crippen LogP contribution in [0.1, 0.15) is 18.9 Å². The van der Waals surface area contributed by atoms with Crippen LogP contribution in [-0.4, -0.2) is 37.6 Å². The molecule has 0 heterocycles. The number of likely N-dealkylation sites (N-methyl/N-ethyl adjacent to an activating group) is 1. The summed E-state index contributed by atoms with van der Waals surface area (Å²) in [6.07, 6.45) is 1.63. The van der Waals surface area contributed by atoms with Gasteiger partial charge in [-0.3, -0.25) is 4.79 Å². The maximum absolute atomic E-state index is 11.2. The number of rotatable bonds is 7. The summed E-state index contributed by atoms with van der Waals surface area (Å²) in [5, 5.41) is 0. The second-order valence-electron chi connectivity index (χ2n) is 4.57. The molecule has 0 aliphatic rings. The van der Waals surface area contributed by atoms with Crippen LogP contribution in [0.4, 0.5) is 0 Å². The first kappa shape index (κ1) is 17.5. The number of hydrogen-bond acceptors (Lipinski definition) is 3. The van der Waals surface area contributed by atoms with Gasteiger partial charge in [0.15, 0.2) is 0 Å². The van der Waals surface area contributed by atoms with Crippen molar-refractivity contribution in [3.63, 3.8) is 0 Å². The van der Waals surface area contributed by atoms with Crippen LogP contribution in [0.2, 0.25) is 0 Å². The molecule has 0 saturated heterocycles. The van der Waals surface area contributed by atoms with E-state index >= 15 is 0 Å². The Morgan fingerprint density at radius 3 is 2.45 bits per heavy atom. The molecule has 4 nitrogen and oxygen atoms in total. The van der Waals surface area contributed by atoms with E-state index in [9.17, 15) is 4.79 Å². The standard InChI is InChI=1S/C14H20Br2N2O2/c1-10(19)18(2)6-4-11-8-12(15)14(13(16)9-11)20-7-3-5-17/h8-9H,3-7,17H2,1-2H3. The summed E-state index contributed by atoms with van der Waals surface area (Å²) >= 11 is 7.04. The van der Waals surface area contributed by atoms with E-state index in [1.807, 2.05) is 12.1 Å². The smallest absolute Gasteiger partial charge is 0.219 e. The fourth-order valence-corrected chi connectivity index (χ4v) is 3.12. The number of ether oxygens (including phenoxy) is 1. The van der Waals surface area contributed by atoms with Crippen LogP contribution in [0.15, 0.2) is 21.1 Å². The highest BCUT2D eigenvalue weighted by Crippen LogP contribution is 2.35. The zero-order chi connectivity index (χ0) is 15.1. The van der Waals surface area contributed by atoms with E-state index < -0.39 is 0 Å². The maximum atomic E-state index is 11.2. The van der Waals surface area contributed by atoms with E-state index in [0.29, 0.717) is 19.7 Å². The summed E-state index contributed by atoms with van der Waals surface area (Å²) in [5.41, 5.74) is 6.59. The lowest BCUT2D eigenvalue weighted by molar-refractivity contribution is -0.127. The summed E-state index contributed by atoms with van der Waals surface area (Å²) < 4.78 is 7.50. The average molecular weight is 408 g/mol. The van der Waals surface area contributed by atoms with E-state index in [1.165, 1.54) is 0 Å². The highest BCUT2D eigenvalue weighted by atomic mass is 79.9. The molecule has 1 rings (SSSR count). The first-order valence-corrected chi connectivity index (χ1v) is 8.06. The Kier molecular flexibility index (Phi) is 7.55. The van der Waals surface area contributed by atoms with Crippen molar-refractivity contribution in [1.29, 1.82) is 0 Å². The molecule has 20 heavy (non-hydrogen) atoms. The lowest BCUT2D eigenvalue weighted by atomic mass is 10.1. The SMILES string of the molecule is CC(=O)N(C)CCc1cc(Br)c(OCCCN)c(Br)c1. The minimum atomic E-state index is 0.0740. The minimum Gasteiger partial charge on any atom is -0.491 e. The van der Waals surface area contributed by atoms with Crippen molar-refractivity contribution in [3.8, 4) is 5.75 Å². The summed E-state index contributed by atoms with van der Waals surface area (Å²) in [5.74, 6) is 0.868. The predicted molar refractivity (Wildman–Crippen MR) is 88.0 cm³/mol. The predicted octanol–water partition coefficient (Wildman–Crippen LogP) is 2.96. The Morgan fingerprint density at radius 2 is 1.95 bits per heavy atom. The number of benzene rings is 1. The molecule has 0 aromatic heterocycles. The molecular weight excluding hydrogens is 388 g/mol. The molecule has 1 aromatic rings. The summed E-state index contributed by atoms with van der Waals surface area (Å²) in [6, 6.07) is 4.05. The van der Waals surface area contributed by atoms with E-state index in [-0.39, 0.29) is 5.91 Å². The van der Waals surface area contributed by atoms with Crippen LogP contribution in [0, 0.1) is 0 Å². The van der Waals surface area contributed by atoms with Gasteiger partial charge in [-0.2, -0.15) is 0 Å². The van der Waals surface area contributed by atoms with Crippen molar-refractivity contribution in [2.45, 2.75) is 19.8 Å². The van der Waals surface area contributed by atoms with Crippen LogP contribution in [0.25, 0.3) is 0 Å². The molecule has 0 saturated carbocycles. The highest BCUT2D eigenvalue weighted by molar-refractivity contribution is 9.11. The number of carbonyl (C=O) groups is 1. The van der Waals surface area contributed by atoms with Gasteiger partial charge in [0, 0.05) is 20.5 Å². The van der Waals surface area contributed by atoms with Crippen LogP contribution < -0.4 is 10.5 Å². The number of hydrogen-bond donors (Lipinski definition) is 1. The Morgan fingerprint density at radius 1 is 1.35 bits per heavy atom. The molecule has 6 heteroatoms. The van der Waals surface area contributed by atoms with Crippen molar-refractivity contribution in [2.24, 2.45) is 5.73 Å². The normalized spacial score (nSPS) is 10.4. The Labute approximate surface area is 136 Å². The molecule has 0 aliphatic carbocycles. The molecule has 112 valence electrons. The number of halogens is 2. The Hall–Kier alpha value is -0.590. The number of nitrogens with zero attached hydrogens (tertiary/aromatic N) is 1. The van der Waals surface area contributed by atoms with Crippen LogP contribution in [-0.2, 0) is 11.2 Å². The van der Waals surface area contributed by atoms with Gasteiger partial charge >= 0.3 is 0 Å². The van der Waals surface area contributed by atoms with E-state index in [4.69, 9.17) is 10.5 Å². The summed E-state index contributed by atoms with van der Waals surface area (Å²) in [7, 11) is 1.80. The van der Waals surface area contributed by atoms with Gasteiger partial charge < -0.3 is 15.4 Å². The Balaban J connectivity index is 2.70. The molecule has 0 aliphatic heterocycles. The van der Waals surface area contributed by atoms with Gasteiger partial charge in [0.05, 0.1) is 15.6 Å². The number of amides is 1. The zero-order valence-corrected chi connectivity index (χ0v) is 15.0. The van der Waals surface area contributed by atoms with Crippen molar-refractivity contribution in [1.82, 2.24) is 4.90 Å². The Bertz CT molecular complexity index is 443. The quantitative estimate of drug-likeness (QED) is 0.707. The molecule has 1 amide bonds. The maximum Gasteiger partial charge on any atom is 0.219 e. The van der Waals surface area contributed by atoms with Crippen molar-refractivity contribution in [3.05, 3.63) is 26.6 Å². The van der Waals surface area contributed by atoms with Crippen molar-refractivity contribution >= 4 is 37.8 Å². The molecule has 0 unspecified atom stereocenters. The number of carbonyl (C=O) groups excluding carboxylic acids is 1. The zero-order valence-electron chi connectivity index (χ0n) is 11.8. The fraction of sp³-hybridized carbons (Fsp3) is 0.500. The van der Waals surface area contributed by atoms with Gasteiger partial charge in [-0.05, 0) is 68.9 Å². The van der Waals surface area contributed by atoms with Gasteiger partial charge in [0.25, 0.3) is 0 Å². The first-order valence-electron chi connectivity index (χ1n) is 6.48. The summed E-state index contributed by atoms with van der Waals surface area (Å²) in [4.78, 5) is 12.9. The largest absolute Gasteiger partial charge is 0.491 e. The number of nitrogens with two attached hydrogens (primary N) is 1. The van der Waals surface area contributed by atoms with Gasteiger partial charge in [0.2, 0.25) is 5.91 Å². The van der Waals surface area contributed by atoms with Gasteiger partial charge in [-0.25, -0.2) is 0 Å². The van der Waals surface area contributed by atoms with Crippen LogP contribution in [0.3, 0.4) is 0 Å². The van der Waals surface area contributed by atoms with Crippen LogP contribution >= 0.6 is 31.9 Å². The van der Waals surface area contributed by atoms with E-state index in [1.54, 1.807) is 18.9 Å². The molecule has 0 atom stereocenters. The third-order valence-corrected chi connectivity index (χ3v) is 4.10. The van der Waals surface area contributed by atoms with Gasteiger partial charge in [-0.15, -0.1) is 0 Å². The summed E-state index contributed by atoms with van der Waals surface area (Å²) in [6.45, 7) is 3.48. The van der Waals surface area contributed by atoms with Gasteiger partial charge in [0.1, 0.15) is 5.75 Å². The van der Waals surface area contributed by atoms with Crippen LogP contribution in [0.5, 0.6) is 5.75 Å². The molecule has 0 spiro atoms. The second-order valence-corrected chi connectivity index (χ2v) is 6.28. The lowest BCUT2D eigenvalue weighted by Crippen LogP contribution is -2.26. The molecule has 0 radical (unpaired) electrons. The van der Waals surface area contributed by atoms with Gasteiger partial charge in [-0.1, -0.05) is 0 Å². The molecular formula is C14H20Br2N2O2. The molecule has 0 fully saturated rings. The lowest BCUT2D eigenvalue weighted by Gasteiger charge is -2.16. The van der Waals surface area contributed by atoms with Crippen molar-refractivity contribution in [2.75, 3.05) is 26.7 Å². The molecule has 2 N–H and O–H groups in total. The third kappa shape index (κ3) is 5.42. The molecule has 1 aromatic carbocycles. The first-order chi connectivity index (χ1) is 9.45. The van der Waals surface area contributed by atoms with E-state index in [2.05, 4.69) is 31.9 Å². The van der Waals surface area contributed by atoms with Crippen molar-refractivity contribution < 1.29 is 9.53 Å². The third-order valence-electron chi connectivity index (χ3n) is 2.93. The van der Waals surface area contributed by atoms with E-state index in [0.717, 1.165) is 33.1 Å². The topological polar surface area (TPSA) is 55.6 Å². The fourth-order valence-electron chi connectivity index (χ4n) is 1.61. The minimum absolute atomic E-state index is 0.0740. The second kappa shape index (κ2) is 8.64. The molecule has 0 bridgehead atoms. The highest BCUT2D eigenvalue weighted by Gasteiger charge is 2.10. The monoisotopic (exact) mass is 406 g/mol.